The van der Waals surface area contributed by atoms with Crippen LogP contribution in [0.3, 0.4) is 0 Å². The molecule has 1 aromatic carbocycles. The van der Waals surface area contributed by atoms with Crippen LogP contribution in [0.4, 0.5) is 0 Å². The molecule has 0 spiro atoms. The number of hydrogen-bond donors (Lipinski definition) is 1. The van der Waals surface area contributed by atoms with Crippen LogP contribution in [0.25, 0.3) is 11.4 Å². The van der Waals surface area contributed by atoms with Crippen LogP contribution in [0.2, 0.25) is 0 Å². The van der Waals surface area contributed by atoms with Crippen molar-refractivity contribution >= 4 is 32.7 Å². The Hall–Kier alpha value is -1.81. The molecular weight excluding hydrogens is 474 g/mol. The molecule has 178 valence electrons. The summed E-state index contributed by atoms with van der Waals surface area (Å²) in [6.07, 6.45) is 5.25. The Balaban J connectivity index is 1.29. The van der Waals surface area contributed by atoms with Gasteiger partial charge in [-0.25, -0.2) is 23.1 Å². The number of aromatic nitrogens is 2. The quantitative estimate of drug-likeness (QED) is 0.435. The number of rotatable bonds is 8. The molecule has 9 heteroatoms. The van der Waals surface area contributed by atoms with E-state index in [4.69, 9.17) is 9.72 Å². The van der Waals surface area contributed by atoms with Crippen LogP contribution in [-0.2, 0) is 16.4 Å². The highest BCUT2D eigenvalue weighted by molar-refractivity contribution is 7.89. The molecule has 0 aliphatic heterocycles. The van der Waals surface area contributed by atoms with Gasteiger partial charge >= 0.3 is 0 Å². The zero-order chi connectivity index (χ0) is 23.6. The molecule has 1 N–H and O–H groups in total. The fraction of sp³-hybridized carbons (Fsp3) is 0.500. The van der Waals surface area contributed by atoms with E-state index < -0.39 is 10.0 Å². The number of thiazole rings is 2. The lowest BCUT2D eigenvalue weighted by molar-refractivity contribution is 0.274. The first-order valence-corrected chi connectivity index (χ1v) is 14.5. The highest BCUT2D eigenvalue weighted by atomic mass is 32.2. The molecule has 0 atom stereocenters. The molecule has 1 aliphatic carbocycles. The topological polar surface area (TPSA) is 81.2 Å². The third kappa shape index (κ3) is 5.82. The second-order valence-electron chi connectivity index (χ2n) is 8.86. The predicted octanol–water partition coefficient (Wildman–Crippen LogP) is 5.53. The number of sulfonamides is 1. The van der Waals surface area contributed by atoms with Crippen molar-refractivity contribution in [3.05, 3.63) is 44.0 Å². The lowest BCUT2D eigenvalue weighted by Crippen LogP contribution is -2.32. The minimum absolute atomic E-state index is 0.212. The SMILES string of the molecule is COc1ccc(C)cc1S(=O)(=O)NC[C@H]1CC[C@H](Cc2nc(-c3nc(C)sc3C)cs2)CC1. The maximum atomic E-state index is 12.9. The Labute approximate surface area is 204 Å². The molecule has 1 fully saturated rings. The van der Waals surface area contributed by atoms with E-state index >= 15 is 0 Å². The van der Waals surface area contributed by atoms with Gasteiger partial charge < -0.3 is 4.74 Å². The van der Waals surface area contributed by atoms with E-state index in [0.717, 1.165) is 54.1 Å². The molecule has 4 rings (SSSR count). The fourth-order valence-electron chi connectivity index (χ4n) is 4.47. The van der Waals surface area contributed by atoms with Crippen molar-refractivity contribution in [3.8, 4) is 17.1 Å². The third-order valence-corrected chi connectivity index (χ3v) is 9.50. The van der Waals surface area contributed by atoms with Crippen LogP contribution < -0.4 is 9.46 Å². The number of benzene rings is 1. The molecule has 33 heavy (non-hydrogen) atoms. The summed E-state index contributed by atoms with van der Waals surface area (Å²) in [6, 6.07) is 5.22. The zero-order valence-corrected chi connectivity index (χ0v) is 22.0. The molecule has 6 nitrogen and oxygen atoms in total. The molecule has 0 unspecified atom stereocenters. The Morgan fingerprint density at radius 1 is 1.09 bits per heavy atom. The summed E-state index contributed by atoms with van der Waals surface area (Å²) >= 11 is 3.44. The van der Waals surface area contributed by atoms with Gasteiger partial charge in [0.05, 0.1) is 17.1 Å². The second-order valence-corrected chi connectivity index (χ2v) is 12.9. The largest absolute Gasteiger partial charge is 0.495 e. The molecule has 3 aromatic rings. The van der Waals surface area contributed by atoms with E-state index in [9.17, 15) is 8.42 Å². The van der Waals surface area contributed by atoms with Crippen molar-refractivity contribution in [1.29, 1.82) is 0 Å². The van der Waals surface area contributed by atoms with Gasteiger partial charge in [0.2, 0.25) is 10.0 Å². The van der Waals surface area contributed by atoms with E-state index in [-0.39, 0.29) is 4.90 Å². The Morgan fingerprint density at radius 3 is 2.48 bits per heavy atom. The van der Waals surface area contributed by atoms with Crippen LogP contribution in [-0.4, -0.2) is 32.0 Å². The van der Waals surface area contributed by atoms with E-state index in [1.807, 2.05) is 19.9 Å². The van der Waals surface area contributed by atoms with Gasteiger partial charge in [-0.05, 0) is 76.0 Å². The van der Waals surface area contributed by atoms with Crippen LogP contribution in [0.1, 0.15) is 46.1 Å². The summed E-state index contributed by atoms with van der Waals surface area (Å²) < 4.78 is 33.8. The summed E-state index contributed by atoms with van der Waals surface area (Å²) in [6.45, 7) is 6.48. The Bertz CT molecular complexity index is 1210. The number of nitrogens with one attached hydrogen (secondary N) is 1. The number of methoxy groups -OCH3 is 1. The van der Waals surface area contributed by atoms with Crippen molar-refractivity contribution < 1.29 is 13.2 Å². The van der Waals surface area contributed by atoms with Crippen LogP contribution in [0.15, 0.2) is 28.5 Å². The summed E-state index contributed by atoms with van der Waals surface area (Å²) in [4.78, 5) is 10.9. The minimum atomic E-state index is -3.60. The van der Waals surface area contributed by atoms with Crippen molar-refractivity contribution in [2.45, 2.75) is 57.8 Å². The molecule has 2 heterocycles. The zero-order valence-electron chi connectivity index (χ0n) is 19.6. The van der Waals surface area contributed by atoms with Gasteiger partial charge in [-0.1, -0.05) is 6.07 Å². The molecular formula is C24H31N3O3S3. The molecule has 2 aromatic heterocycles. The summed E-state index contributed by atoms with van der Waals surface area (Å²) in [5.41, 5.74) is 2.90. The first-order chi connectivity index (χ1) is 15.7. The normalized spacial score (nSPS) is 19.0. The Morgan fingerprint density at radius 2 is 1.82 bits per heavy atom. The van der Waals surface area contributed by atoms with Crippen molar-refractivity contribution in [3.63, 3.8) is 0 Å². The van der Waals surface area contributed by atoms with E-state index in [1.54, 1.807) is 34.8 Å². The average molecular weight is 506 g/mol. The summed E-state index contributed by atoms with van der Waals surface area (Å²) in [5, 5.41) is 4.37. The van der Waals surface area contributed by atoms with Crippen molar-refractivity contribution in [1.82, 2.24) is 14.7 Å². The highest BCUT2D eigenvalue weighted by Gasteiger charge is 2.26. The van der Waals surface area contributed by atoms with Crippen LogP contribution in [0.5, 0.6) is 5.75 Å². The average Bonchev–Trinajstić information content (AvgIpc) is 3.38. The molecule has 0 amide bonds. The number of nitrogens with zero attached hydrogens (tertiary/aromatic N) is 2. The lowest BCUT2D eigenvalue weighted by atomic mass is 9.81. The molecule has 0 bridgehead atoms. The van der Waals surface area contributed by atoms with Crippen LogP contribution in [0, 0.1) is 32.6 Å². The van der Waals surface area contributed by atoms with E-state index in [2.05, 4.69) is 22.0 Å². The van der Waals surface area contributed by atoms with Gasteiger partial charge in [0.1, 0.15) is 22.0 Å². The summed E-state index contributed by atoms with van der Waals surface area (Å²) in [7, 11) is -2.11. The monoisotopic (exact) mass is 505 g/mol. The van der Waals surface area contributed by atoms with E-state index in [1.165, 1.54) is 17.0 Å². The van der Waals surface area contributed by atoms with Crippen molar-refractivity contribution in [2.24, 2.45) is 11.8 Å². The lowest BCUT2D eigenvalue weighted by Gasteiger charge is -2.28. The highest BCUT2D eigenvalue weighted by Crippen LogP contribution is 2.34. The first kappa shape index (κ1) is 24.3. The second kappa shape index (κ2) is 10.2. The van der Waals surface area contributed by atoms with E-state index in [0.29, 0.717) is 24.1 Å². The van der Waals surface area contributed by atoms with Crippen LogP contribution >= 0.6 is 22.7 Å². The number of aryl methyl sites for hydroxylation is 3. The van der Waals surface area contributed by atoms with Crippen molar-refractivity contribution in [2.75, 3.05) is 13.7 Å². The van der Waals surface area contributed by atoms with Gasteiger partial charge in [0.25, 0.3) is 0 Å². The molecule has 1 saturated carbocycles. The van der Waals surface area contributed by atoms with Gasteiger partial charge in [-0.2, -0.15) is 0 Å². The Kier molecular flexibility index (Phi) is 7.53. The third-order valence-electron chi connectivity index (χ3n) is 6.30. The smallest absolute Gasteiger partial charge is 0.244 e. The standard InChI is InChI=1S/C24H31N3O3S3/c1-15-5-10-21(30-4)22(11-15)33(28,29)25-13-19-8-6-18(7-9-19)12-23-27-20(14-31-23)24-16(2)32-17(3)26-24/h5,10-11,14,18-19,25H,6-9,12-13H2,1-4H3/t18-,19-. The van der Waals surface area contributed by atoms with Gasteiger partial charge in [-0.3, -0.25) is 0 Å². The van der Waals surface area contributed by atoms with Gasteiger partial charge in [-0.15, -0.1) is 22.7 Å². The molecule has 1 aliphatic rings. The fourth-order valence-corrected chi connectivity index (χ4v) is 7.56. The number of hydrogen-bond acceptors (Lipinski definition) is 7. The van der Waals surface area contributed by atoms with Gasteiger partial charge in [0.15, 0.2) is 0 Å². The maximum Gasteiger partial charge on any atom is 0.244 e. The summed E-state index contributed by atoms with van der Waals surface area (Å²) in [5.74, 6) is 1.34. The molecule has 0 radical (unpaired) electrons. The predicted molar refractivity (Wildman–Crippen MR) is 135 cm³/mol. The first-order valence-electron chi connectivity index (χ1n) is 11.3. The van der Waals surface area contributed by atoms with Gasteiger partial charge in [0, 0.05) is 23.2 Å². The molecule has 0 saturated heterocycles. The minimum Gasteiger partial charge on any atom is -0.495 e. The number of ether oxygens (including phenoxy) is 1. The maximum absolute atomic E-state index is 12.9.